The normalized spacial score (nSPS) is 23.3. The van der Waals surface area contributed by atoms with Crippen LogP contribution >= 0.6 is 0 Å². The van der Waals surface area contributed by atoms with E-state index in [4.69, 9.17) is 4.42 Å². The summed E-state index contributed by atoms with van der Waals surface area (Å²) in [5.74, 6) is 1.04. The molecule has 5 aromatic rings. The molecule has 1 unspecified atom stereocenters. The summed E-state index contributed by atoms with van der Waals surface area (Å²) in [7, 11) is 1.77. The Kier molecular flexibility index (Phi) is 11.4. The van der Waals surface area contributed by atoms with Gasteiger partial charge in [-0.2, -0.15) is 5.10 Å². The molecular weight excluding hydrogens is 807 g/mol. The zero-order chi connectivity index (χ0) is 43.4. The molecule has 332 valence electrons. The number of hydrogen-bond donors (Lipinski definition) is 0. The maximum absolute atomic E-state index is 14.3. The third-order valence-electron chi connectivity index (χ3n) is 14.8. The van der Waals surface area contributed by atoms with Crippen LogP contribution < -0.4 is 5.69 Å². The number of para-hydroxylation sites is 1. The van der Waals surface area contributed by atoms with Crippen molar-refractivity contribution in [2.24, 2.45) is 24.3 Å². The van der Waals surface area contributed by atoms with E-state index in [0.717, 1.165) is 124 Å². The number of piperidine rings is 1. The van der Waals surface area contributed by atoms with Crippen molar-refractivity contribution >= 4 is 28.4 Å². The number of carbonyl (C=O) groups is 3. The number of carbonyl (C=O) groups excluding carboxylic acids is 3. The third-order valence-corrected chi connectivity index (χ3v) is 14.8. The van der Waals surface area contributed by atoms with Gasteiger partial charge in [-0.05, 0) is 112 Å². The Morgan fingerprint density at radius 3 is 2.48 bits per heavy atom. The molecule has 10 rings (SSSR count). The van der Waals surface area contributed by atoms with Gasteiger partial charge >= 0.3 is 5.69 Å². The van der Waals surface area contributed by atoms with Gasteiger partial charge in [0, 0.05) is 75.3 Å². The first-order valence-electron chi connectivity index (χ1n) is 23.0. The smallest absolute Gasteiger partial charge is 0.329 e. The van der Waals surface area contributed by atoms with E-state index in [0.29, 0.717) is 30.1 Å². The number of halogens is 2. The molecule has 0 amide bonds. The molecule has 6 heterocycles. The van der Waals surface area contributed by atoms with Crippen LogP contribution in [-0.4, -0.2) is 88.8 Å². The topological polar surface area (TPSA) is 141 Å². The van der Waals surface area contributed by atoms with E-state index in [9.17, 15) is 28.0 Å². The molecular formula is C48H56F2N8O5. The molecule has 13 nitrogen and oxygen atoms in total. The molecule has 1 spiro atoms. The lowest BCUT2D eigenvalue weighted by Gasteiger charge is -2.55. The van der Waals surface area contributed by atoms with Gasteiger partial charge in [0.25, 0.3) is 6.43 Å². The molecule has 4 aromatic heterocycles. The van der Waals surface area contributed by atoms with Crippen molar-refractivity contribution < 1.29 is 27.6 Å². The molecule has 2 aliphatic heterocycles. The summed E-state index contributed by atoms with van der Waals surface area (Å²) >= 11 is 0. The van der Waals surface area contributed by atoms with Crippen molar-refractivity contribution in [3.05, 3.63) is 87.7 Å². The predicted octanol–water partition coefficient (Wildman–Crippen LogP) is 7.48. The van der Waals surface area contributed by atoms with Crippen LogP contribution in [-0.2, 0) is 36.0 Å². The van der Waals surface area contributed by atoms with Crippen LogP contribution in [0.1, 0.15) is 129 Å². The summed E-state index contributed by atoms with van der Waals surface area (Å²) in [5, 5.41) is 4.34. The van der Waals surface area contributed by atoms with Crippen molar-refractivity contribution in [1.29, 1.82) is 0 Å². The van der Waals surface area contributed by atoms with E-state index in [1.165, 1.54) is 19.1 Å². The number of pyridine rings is 1. The van der Waals surface area contributed by atoms with Gasteiger partial charge in [0.15, 0.2) is 11.6 Å². The Balaban J connectivity index is 0.695. The van der Waals surface area contributed by atoms with Crippen LogP contribution in [0.2, 0.25) is 0 Å². The van der Waals surface area contributed by atoms with Crippen LogP contribution in [0.25, 0.3) is 22.5 Å². The van der Waals surface area contributed by atoms with Gasteiger partial charge < -0.3 is 9.32 Å². The van der Waals surface area contributed by atoms with Crippen LogP contribution in [0.3, 0.4) is 0 Å². The zero-order valence-electron chi connectivity index (χ0n) is 36.0. The number of alkyl halides is 2. The first-order valence-corrected chi connectivity index (χ1v) is 23.0. The van der Waals surface area contributed by atoms with Gasteiger partial charge in [0.2, 0.25) is 5.89 Å². The molecule has 15 heteroatoms. The van der Waals surface area contributed by atoms with E-state index in [1.807, 2.05) is 18.2 Å². The number of oxazole rings is 1. The molecule has 0 radical (unpaired) electrons. The Labute approximate surface area is 364 Å². The Morgan fingerprint density at radius 2 is 1.73 bits per heavy atom. The maximum atomic E-state index is 14.3. The van der Waals surface area contributed by atoms with E-state index < -0.39 is 12.5 Å². The van der Waals surface area contributed by atoms with Gasteiger partial charge in [0.05, 0.1) is 29.5 Å². The Bertz CT molecular complexity index is 2580. The second kappa shape index (κ2) is 17.1. The SMILES string of the molecule is Cn1c(=O)n(C2CCC(=O)CC2=O)c2cccc(CN3CCC4(CC3)CN(CC3CCC(n5cc(CC(=O)c6coc(-c7ccnc(CCC8CC8)c7)n6)c(C(F)F)n5)CC3)C4)c21. The molecule has 63 heavy (non-hydrogen) atoms. The lowest BCUT2D eigenvalue weighted by atomic mass is 9.71. The fourth-order valence-corrected chi connectivity index (χ4v) is 11.1. The summed E-state index contributed by atoms with van der Waals surface area (Å²) in [5.41, 5.74) is 4.52. The largest absolute Gasteiger partial charge is 0.444 e. The number of rotatable bonds is 14. The summed E-state index contributed by atoms with van der Waals surface area (Å²) in [6.45, 7) is 5.94. The number of Topliss-reactive ketones (excluding diaryl/α,β-unsaturated/α-hetero) is 3. The molecule has 1 aromatic carbocycles. The van der Waals surface area contributed by atoms with Crippen molar-refractivity contribution in [2.45, 2.75) is 115 Å². The van der Waals surface area contributed by atoms with Gasteiger partial charge in [-0.15, -0.1) is 0 Å². The lowest BCUT2D eigenvalue weighted by Crippen LogP contribution is -2.61. The van der Waals surface area contributed by atoms with Gasteiger partial charge in [-0.3, -0.25) is 38.1 Å². The molecule has 3 aliphatic carbocycles. The summed E-state index contributed by atoms with van der Waals surface area (Å²) in [6, 6.07) is 9.12. The molecule has 1 atom stereocenters. The fraction of sp³-hybridized carbons (Fsp3) is 0.562. The fourth-order valence-electron chi connectivity index (χ4n) is 11.1. The Morgan fingerprint density at radius 1 is 0.952 bits per heavy atom. The highest BCUT2D eigenvalue weighted by molar-refractivity contribution is 6.03. The monoisotopic (exact) mass is 862 g/mol. The Hall–Kier alpha value is -5.15. The van der Waals surface area contributed by atoms with Crippen molar-refractivity contribution in [3.8, 4) is 11.5 Å². The number of benzene rings is 1. The third kappa shape index (κ3) is 8.62. The standard InChI is InChI=1S/C48H56F2N8O5/c1-54-44-33(3-2-4-40(44)58(47(54)62)39-14-13-37(59)23-42(39)61)25-55-19-16-48(17-20-55)28-56(29-48)24-31-8-11-36(12-9-31)57-26-34(43(53-57)45(49)50)22-41(60)38-27-63-46(52-38)32-15-18-51-35(21-32)10-7-30-5-6-30/h2-4,15,18,21,26-27,30-31,36,39,45H,5-14,16-17,19-20,22-25,28-29H2,1H3. The van der Waals surface area contributed by atoms with Crippen molar-refractivity contribution in [3.63, 3.8) is 0 Å². The van der Waals surface area contributed by atoms with E-state index >= 15 is 0 Å². The number of hydrogen-bond acceptors (Lipinski definition) is 10. The van der Waals surface area contributed by atoms with E-state index in [2.05, 4.69) is 30.9 Å². The summed E-state index contributed by atoms with van der Waals surface area (Å²) < 4.78 is 39.1. The number of imidazole rings is 1. The maximum Gasteiger partial charge on any atom is 0.329 e. The molecule has 2 saturated heterocycles. The highest BCUT2D eigenvalue weighted by atomic mass is 19.3. The number of fused-ring (bicyclic) bond motifs is 1. The minimum atomic E-state index is -2.79. The van der Waals surface area contributed by atoms with Crippen LogP contribution in [0.15, 0.2) is 58.2 Å². The highest BCUT2D eigenvalue weighted by Crippen LogP contribution is 2.43. The van der Waals surface area contributed by atoms with Gasteiger partial charge in [-0.1, -0.05) is 25.0 Å². The minimum Gasteiger partial charge on any atom is -0.444 e. The number of likely N-dealkylation sites (tertiary alicyclic amines) is 2. The van der Waals surface area contributed by atoms with E-state index in [1.54, 1.807) is 39.3 Å². The lowest BCUT2D eigenvalue weighted by molar-refractivity contribution is -0.132. The van der Waals surface area contributed by atoms with Crippen molar-refractivity contribution in [2.75, 3.05) is 32.7 Å². The predicted molar refractivity (Wildman–Crippen MR) is 230 cm³/mol. The summed E-state index contributed by atoms with van der Waals surface area (Å²) in [6.07, 6.45) is 12.8. The molecule has 0 bridgehead atoms. The number of ketones is 3. The number of aryl methyl sites for hydroxylation is 2. The quantitative estimate of drug-likeness (QED) is 0.0815. The van der Waals surface area contributed by atoms with Crippen LogP contribution in [0, 0.1) is 17.3 Å². The van der Waals surface area contributed by atoms with Crippen molar-refractivity contribution in [1.82, 2.24) is 38.7 Å². The molecule has 5 fully saturated rings. The van der Waals surface area contributed by atoms with Gasteiger partial charge in [0.1, 0.15) is 23.4 Å². The molecule has 5 aliphatic rings. The van der Waals surface area contributed by atoms with Crippen LogP contribution in [0.4, 0.5) is 8.78 Å². The number of aromatic nitrogens is 6. The van der Waals surface area contributed by atoms with Gasteiger partial charge in [-0.25, -0.2) is 18.6 Å². The first kappa shape index (κ1) is 41.8. The average Bonchev–Trinajstić information content (AvgIpc) is 3.67. The second-order valence-electron chi connectivity index (χ2n) is 19.3. The highest BCUT2D eigenvalue weighted by Gasteiger charge is 2.45. The van der Waals surface area contributed by atoms with Crippen LogP contribution in [0.5, 0.6) is 0 Å². The minimum absolute atomic E-state index is 0.0152. The number of nitrogens with zero attached hydrogens (tertiary/aromatic N) is 8. The summed E-state index contributed by atoms with van der Waals surface area (Å²) in [4.78, 5) is 65.4. The second-order valence-corrected chi connectivity index (χ2v) is 19.3. The average molecular weight is 863 g/mol. The molecule has 0 N–H and O–H groups in total. The van der Waals surface area contributed by atoms with E-state index in [-0.39, 0.29) is 58.9 Å². The first-order chi connectivity index (χ1) is 30.5. The molecule has 3 saturated carbocycles. The zero-order valence-corrected chi connectivity index (χ0v) is 36.0.